The second kappa shape index (κ2) is 9.11. The summed E-state index contributed by atoms with van der Waals surface area (Å²) in [5.41, 5.74) is 9.10. The lowest BCUT2D eigenvalue weighted by atomic mass is 10.1. The van der Waals surface area contributed by atoms with Crippen molar-refractivity contribution < 1.29 is 0 Å². The molecular weight excluding hydrogens is 448 g/mol. The third-order valence-corrected chi connectivity index (χ3v) is 6.86. The van der Waals surface area contributed by atoms with Crippen LogP contribution in [-0.4, -0.2) is 43.2 Å². The van der Waals surface area contributed by atoms with Crippen molar-refractivity contribution in [3.8, 4) is 22.8 Å². The number of fused-ring (bicyclic) bond motifs is 2. The number of allylic oxidation sites excluding steroid dienone is 1. The molecular formula is C28H30N8. The smallest absolute Gasteiger partial charge is 0.161 e. The maximum atomic E-state index is 4.99. The number of anilines is 2. The van der Waals surface area contributed by atoms with E-state index in [1.807, 2.05) is 24.4 Å². The van der Waals surface area contributed by atoms with Gasteiger partial charge in [-0.25, -0.2) is 9.97 Å². The first-order valence-corrected chi connectivity index (χ1v) is 12.6. The Morgan fingerprint density at radius 3 is 2.69 bits per heavy atom. The largest absolute Gasteiger partial charge is 0.370 e. The number of hydrogen-bond donors (Lipinski definition) is 3. The van der Waals surface area contributed by atoms with Crippen molar-refractivity contribution in [3.05, 3.63) is 61.1 Å². The van der Waals surface area contributed by atoms with Crippen LogP contribution in [0.2, 0.25) is 0 Å². The van der Waals surface area contributed by atoms with Gasteiger partial charge in [0.1, 0.15) is 11.0 Å². The van der Waals surface area contributed by atoms with E-state index in [2.05, 4.69) is 69.0 Å². The third-order valence-electron chi connectivity index (χ3n) is 6.86. The molecule has 0 aliphatic carbocycles. The average molecular weight is 479 g/mol. The molecule has 6 rings (SSSR count). The molecule has 3 N–H and O–H groups in total. The van der Waals surface area contributed by atoms with Crippen LogP contribution in [0.4, 0.5) is 11.4 Å². The molecule has 1 aliphatic rings. The molecule has 0 saturated carbocycles. The Balaban J connectivity index is 1.38. The van der Waals surface area contributed by atoms with Gasteiger partial charge in [0, 0.05) is 30.5 Å². The molecule has 36 heavy (non-hydrogen) atoms. The molecule has 8 nitrogen and oxygen atoms in total. The van der Waals surface area contributed by atoms with Crippen LogP contribution in [0, 0.1) is 5.92 Å². The molecule has 0 amide bonds. The Hall–Kier alpha value is -4.20. The molecule has 8 heteroatoms. The van der Waals surface area contributed by atoms with E-state index in [9.17, 15) is 0 Å². The number of nitrogens with one attached hydrogen (secondary N) is 3. The first-order valence-electron chi connectivity index (χ1n) is 12.6. The Morgan fingerprint density at radius 2 is 1.86 bits per heavy atom. The summed E-state index contributed by atoms with van der Waals surface area (Å²) < 4.78 is 0. The molecule has 1 aromatic carbocycles. The monoisotopic (exact) mass is 478 g/mol. The zero-order valence-corrected chi connectivity index (χ0v) is 20.7. The summed E-state index contributed by atoms with van der Waals surface area (Å²) in [5, 5.41) is 11.0. The molecule has 182 valence electrons. The fourth-order valence-electron chi connectivity index (χ4n) is 4.72. The van der Waals surface area contributed by atoms with Gasteiger partial charge in [-0.15, -0.1) is 0 Å². The summed E-state index contributed by atoms with van der Waals surface area (Å²) in [6.45, 7) is 10.5. The number of H-pyrrole nitrogens is 2. The van der Waals surface area contributed by atoms with Gasteiger partial charge in [0.05, 0.1) is 34.3 Å². The van der Waals surface area contributed by atoms with Crippen LogP contribution in [0.3, 0.4) is 0 Å². The number of benzene rings is 1. The van der Waals surface area contributed by atoms with Crippen molar-refractivity contribution in [2.75, 3.05) is 23.3 Å². The number of imidazole rings is 1. The van der Waals surface area contributed by atoms with Crippen molar-refractivity contribution in [2.24, 2.45) is 5.92 Å². The lowest BCUT2D eigenvalue weighted by molar-refractivity contribution is 0.579. The van der Waals surface area contributed by atoms with Crippen LogP contribution >= 0.6 is 0 Å². The number of nitrogens with zero attached hydrogens (tertiary/aromatic N) is 5. The second-order valence-electron chi connectivity index (χ2n) is 9.74. The Morgan fingerprint density at radius 1 is 1.00 bits per heavy atom. The number of pyridine rings is 2. The van der Waals surface area contributed by atoms with E-state index in [-0.39, 0.29) is 0 Å². The summed E-state index contributed by atoms with van der Waals surface area (Å²) in [7, 11) is 0. The molecule has 5 aromatic rings. The van der Waals surface area contributed by atoms with Gasteiger partial charge >= 0.3 is 0 Å². The minimum atomic E-state index is 0.329. The number of aromatic amines is 2. The fourth-order valence-corrected chi connectivity index (χ4v) is 4.72. The molecule has 1 saturated heterocycles. The van der Waals surface area contributed by atoms with Gasteiger partial charge in [0.15, 0.2) is 11.5 Å². The molecule has 1 aliphatic heterocycles. The van der Waals surface area contributed by atoms with Crippen molar-refractivity contribution in [3.63, 3.8) is 0 Å². The normalized spacial score (nSPS) is 14.1. The maximum Gasteiger partial charge on any atom is 0.161 e. The van der Waals surface area contributed by atoms with E-state index < -0.39 is 0 Å². The Labute approximate surface area is 209 Å². The van der Waals surface area contributed by atoms with Gasteiger partial charge in [-0.05, 0) is 55.5 Å². The zero-order chi connectivity index (χ0) is 24.6. The molecule has 0 bridgehead atoms. The summed E-state index contributed by atoms with van der Waals surface area (Å²) >= 11 is 0. The van der Waals surface area contributed by atoms with Crippen LogP contribution in [0.5, 0.6) is 0 Å². The Kier molecular flexibility index (Phi) is 5.64. The van der Waals surface area contributed by atoms with E-state index >= 15 is 0 Å². The highest BCUT2D eigenvalue weighted by atomic mass is 15.2. The lowest BCUT2D eigenvalue weighted by Gasteiger charge is -2.28. The molecule has 0 unspecified atom stereocenters. The number of para-hydroxylation sites is 1. The van der Waals surface area contributed by atoms with Crippen molar-refractivity contribution in [1.82, 2.24) is 30.1 Å². The summed E-state index contributed by atoms with van der Waals surface area (Å²) in [4.78, 5) is 20.3. The fraction of sp³-hybridized carbons (Fsp3) is 0.286. The summed E-state index contributed by atoms with van der Waals surface area (Å²) in [6, 6.07) is 12.4. The summed E-state index contributed by atoms with van der Waals surface area (Å²) in [5.74, 6) is 1.04. The highest BCUT2D eigenvalue weighted by molar-refractivity contribution is 5.95. The van der Waals surface area contributed by atoms with Crippen LogP contribution in [0.25, 0.3) is 44.8 Å². The highest BCUT2D eigenvalue weighted by Gasteiger charge is 2.19. The SMILES string of the molecule is C=C(Nc1cncc(-c2ccc3[nH]nc(-c4nc5c(N6CCCCC6)cccc5[nH]4)c3n2)c1)C(C)C. The minimum absolute atomic E-state index is 0.329. The molecule has 0 atom stereocenters. The maximum absolute atomic E-state index is 4.99. The van der Waals surface area contributed by atoms with Crippen LogP contribution in [0.15, 0.2) is 61.1 Å². The van der Waals surface area contributed by atoms with Crippen molar-refractivity contribution >= 4 is 33.4 Å². The average Bonchev–Trinajstić information content (AvgIpc) is 3.53. The standard InChI is InChI=1S/C28H30N8/c1-17(2)18(3)30-20-14-19(15-29-16-20)21-10-11-23-26(31-21)27(35-34-23)28-32-22-8-7-9-24(25(22)33-28)36-12-5-4-6-13-36/h7-11,14-17,30H,3-6,12-13H2,1-2H3,(H,32,33)(H,34,35). The van der Waals surface area contributed by atoms with E-state index in [1.54, 1.807) is 6.20 Å². The van der Waals surface area contributed by atoms with E-state index in [4.69, 9.17) is 9.97 Å². The molecule has 0 spiro atoms. The number of rotatable bonds is 6. The van der Waals surface area contributed by atoms with Crippen molar-refractivity contribution in [1.29, 1.82) is 0 Å². The van der Waals surface area contributed by atoms with E-state index in [1.165, 1.54) is 24.9 Å². The molecule has 1 fully saturated rings. The lowest BCUT2D eigenvalue weighted by Crippen LogP contribution is -2.29. The third kappa shape index (κ3) is 4.08. The molecule has 0 radical (unpaired) electrons. The predicted molar refractivity (Wildman–Crippen MR) is 146 cm³/mol. The van der Waals surface area contributed by atoms with Gasteiger partial charge in [-0.2, -0.15) is 5.10 Å². The Bertz CT molecular complexity index is 1550. The number of hydrogen-bond acceptors (Lipinski definition) is 6. The number of piperidine rings is 1. The van der Waals surface area contributed by atoms with Crippen LogP contribution in [-0.2, 0) is 0 Å². The first-order chi connectivity index (χ1) is 17.6. The van der Waals surface area contributed by atoms with Gasteiger partial charge in [-0.3, -0.25) is 10.1 Å². The summed E-state index contributed by atoms with van der Waals surface area (Å²) in [6.07, 6.45) is 7.37. The molecule has 4 aromatic heterocycles. The highest BCUT2D eigenvalue weighted by Crippen LogP contribution is 2.32. The van der Waals surface area contributed by atoms with Crippen molar-refractivity contribution in [2.45, 2.75) is 33.1 Å². The second-order valence-corrected chi connectivity index (χ2v) is 9.74. The van der Waals surface area contributed by atoms with Crippen LogP contribution in [0.1, 0.15) is 33.1 Å². The molecule has 5 heterocycles. The topological polar surface area (TPSA) is 98.4 Å². The quantitative estimate of drug-likeness (QED) is 0.271. The van der Waals surface area contributed by atoms with E-state index in [0.717, 1.165) is 57.8 Å². The van der Waals surface area contributed by atoms with E-state index in [0.29, 0.717) is 17.4 Å². The zero-order valence-electron chi connectivity index (χ0n) is 20.7. The van der Waals surface area contributed by atoms with Crippen LogP contribution < -0.4 is 10.2 Å². The van der Waals surface area contributed by atoms with Gasteiger partial charge < -0.3 is 15.2 Å². The first kappa shape index (κ1) is 22.3. The van der Waals surface area contributed by atoms with Gasteiger partial charge in [0.25, 0.3) is 0 Å². The van der Waals surface area contributed by atoms with Gasteiger partial charge in [0.2, 0.25) is 0 Å². The minimum Gasteiger partial charge on any atom is -0.370 e. The number of aromatic nitrogens is 6. The predicted octanol–water partition coefficient (Wildman–Crippen LogP) is 6.14. The van der Waals surface area contributed by atoms with Gasteiger partial charge in [-0.1, -0.05) is 26.5 Å².